The van der Waals surface area contributed by atoms with Gasteiger partial charge in [0.05, 0.1) is 19.8 Å². The summed E-state index contributed by atoms with van der Waals surface area (Å²) in [6.45, 7) is 5.96. The molecule has 2 rings (SSSR count). The van der Waals surface area contributed by atoms with Gasteiger partial charge in [-0.15, -0.1) is 0 Å². The Morgan fingerprint density at radius 2 is 2.05 bits per heavy atom. The first kappa shape index (κ1) is 15.6. The van der Waals surface area contributed by atoms with Crippen LogP contribution in [0.5, 0.6) is 0 Å². The van der Waals surface area contributed by atoms with Crippen LogP contribution in [-0.2, 0) is 11.3 Å². The van der Waals surface area contributed by atoms with Gasteiger partial charge in [-0.3, -0.25) is 4.99 Å². The molecule has 2 nitrogen and oxygen atoms in total. The van der Waals surface area contributed by atoms with E-state index in [0.29, 0.717) is 0 Å². The second kappa shape index (κ2) is 9.19. The fraction of sp³-hybridized carbons (Fsp3) is 0.529. The number of hydrogen-bond acceptors (Lipinski definition) is 2. The lowest BCUT2D eigenvalue weighted by Crippen LogP contribution is -2.07. The van der Waals surface area contributed by atoms with Crippen molar-refractivity contribution < 1.29 is 4.74 Å². The summed E-state index contributed by atoms with van der Waals surface area (Å²) in [4.78, 5) is 4.59. The topological polar surface area (TPSA) is 21.6 Å². The van der Waals surface area contributed by atoms with Gasteiger partial charge in [-0.2, -0.15) is 0 Å². The number of aliphatic imine (C=N–C) groups is 1. The molecule has 1 unspecified atom stereocenters. The molecule has 0 aliphatic carbocycles. The lowest BCUT2D eigenvalue weighted by molar-refractivity contribution is 0.136. The zero-order valence-electron chi connectivity index (χ0n) is 12.4. The fourth-order valence-electron chi connectivity index (χ4n) is 2.35. The van der Waals surface area contributed by atoms with Gasteiger partial charge in [0.1, 0.15) is 0 Å². The van der Waals surface area contributed by atoms with E-state index in [9.17, 15) is 0 Å². The average Bonchev–Trinajstić information content (AvgIpc) is 2.93. The quantitative estimate of drug-likeness (QED) is 0.530. The molecule has 111 valence electrons. The Kier molecular flexibility index (Phi) is 7.16. The standard InChI is InChI=1S/C17H26NOS/c1-2-3-5-10-17-18-11-13-20(17)14-12-19-15-16-8-6-4-7-9-16/h4,6-9,11,20H,2-3,5,10,12-15H2,1H3. The van der Waals surface area contributed by atoms with Gasteiger partial charge in [0.2, 0.25) is 0 Å². The van der Waals surface area contributed by atoms with E-state index in [0.717, 1.165) is 13.2 Å². The highest BCUT2D eigenvalue weighted by Crippen LogP contribution is 2.35. The summed E-state index contributed by atoms with van der Waals surface area (Å²) in [6, 6.07) is 10.4. The summed E-state index contributed by atoms with van der Waals surface area (Å²) in [6.07, 6.45) is 5.11. The molecule has 0 aromatic heterocycles. The van der Waals surface area contributed by atoms with Crippen molar-refractivity contribution in [3.8, 4) is 0 Å². The van der Waals surface area contributed by atoms with Crippen LogP contribution >= 0.6 is 10.9 Å². The van der Waals surface area contributed by atoms with Crippen LogP contribution < -0.4 is 0 Å². The molecule has 1 aliphatic rings. The molecule has 1 radical (unpaired) electrons. The minimum Gasteiger partial charge on any atom is -0.376 e. The number of rotatable bonds is 9. The van der Waals surface area contributed by atoms with Crippen molar-refractivity contribution in [2.45, 2.75) is 39.2 Å². The van der Waals surface area contributed by atoms with Gasteiger partial charge in [0.25, 0.3) is 0 Å². The third kappa shape index (κ3) is 5.29. The van der Waals surface area contributed by atoms with E-state index in [1.165, 1.54) is 47.8 Å². The summed E-state index contributed by atoms with van der Waals surface area (Å²) in [7, 11) is -0.0362. The van der Waals surface area contributed by atoms with Gasteiger partial charge < -0.3 is 4.74 Å². The number of nitrogens with zero attached hydrogens (tertiary/aromatic N) is 1. The van der Waals surface area contributed by atoms with E-state index < -0.39 is 0 Å². The first-order chi connectivity index (χ1) is 9.90. The van der Waals surface area contributed by atoms with Gasteiger partial charge in [-0.1, -0.05) is 50.1 Å². The molecule has 3 heteroatoms. The van der Waals surface area contributed by atoms with Gasteiger partial charge in [-0.25, -0.2) is 10.9 Å². The maximum Gasteiger partial charge on any atom is 0.0816 e. The summed E-state index contributed by atoms with van der Waals surface area (Å²) in [5.74, 6) is 2.34. The molecule has 1 aromatic rings. The monoisotopic (exact) mass is 292 g/mol. The fourth-order valence-corrected chi connectivity index (χ4v) is 4.35. The van der Waals surface area contributed by atoms with Gasteiger partial charge in [0.15, 0.2) is 0 Å². The van der Waals surface area contributed by atoms with Crippen LogP contribution in [-0.4, -0.2) is 23.2 Å². The van der Waals surface area contributed by atoms with E-state index in [-0.39, 0.29) is 10.9 Å². The molecule has 0 fully saturated rings. The Bertz CT molecular complexity index is 405. The minimum atomic E-state index is -0.0362. The second-order valence-corrected chi connectivity index (χ2v) is 7.58. The van der Waals surface area contributed by atoms with Gasteiger partial charge in [-0.05, 0) is 18.4 Å². The van der Waals surface area contributed by atoms with Crippen LogP contribution in [0.2, 0.25) is 0 Å². The largest absolute Gasteiger partial charge is 0.376 e. The molecule has 1 heterocycles. The van der Waals surface area contributed by atoms with Crippen molar-refractivity contribution in [1.29, 1.82) is 0 Å². The molecule has 0 saturated carbocycles. The Hall–Kier alpha value is -0.800. The molecule has 0 saturated heterocycles. The predicted molar refractivity (Wildman–Crippen MR) is 90.7 cm³/mol. The van der Waals surface area contributed by atoms with Crippen LogP contribution in [0.4, 0.5) is 0 Å². The van der Waals surface area contributed by atoms with Crippen molar-refractivity contribution in [2.24, 2.45) is 4.99 Å². The van der Waals surface area contributed by atoms with E-state index in [1.807, 2.05) is 6.07 Å². The maximum absolute atomic E-state index is 5.80. The SMILES string of the molecule is CCCCCC1=N[CH]C[SH]1CCOCc1ccccc1. The van der Waals surface area contributed by atoms with E-state index in [1.54, 1.807) is 0 Å². The van der Waals surface area contributed by atoms with Crippen molar-refractivity contribution >= 4 is 15.9 Å². The molecule has 0 N–H and O–H groups in total. The van der Waals surface area contributed by atoms with E-state index >= 15 is 0 Å². The number of unbranched alkanes of at least 4 members (excludes halogenated alkanes) is 2. The summed E-state index contributed by atoms with van der Waals surface area (Å²) < 4.78 is 5.80. The van der Waals surface area contributed by atoms with Crippen LogP contribution in [0, 0.1) is 6.54 Å². The third-order valence-electron chi connectivity index (χ3n) is 3.53. The third-order valence-corrected chi connectivity index (χ3v) is 5.92. The van der Waals surface area contributed by atoms with Crippen LogP contribution in [0.3, 0.4) is 0 Å². The van der Waals surface area contributed by atoms with Crippen molar-refractivity contribution in [3.05, 3.63) is 42.4 Å². The highest BCUT2D eigenvalue weighted by molar-refractivity contribution is 8.30. The minimum absolute atomic E-state index is 0.0362. The Morgan fingerprint density at radius 3 is 2.85 bits per heavy atom. The Morgan fingerprint density at radius 1 is 1.20 bits per heavy atom. The zero-order valence-corrected chi connectivity index (χ0v) is 13.3. The molecule has 1 aromatic carbocycles. The zero-order chi connectivity index (χ0) is 14.0. The summed E-state index contributed by atoms with van der Waals surface area (Å²) in [5.41, 5.74) is 1.26. The summed E-state index contributed by atoms with van der Waals surface area (Å²) in [5, 5.41) is 1.47. The lowest BCUT2D eigenvalue weighted by Gasteiger charge is -2.17. The number of thiol groups is 1. The lowest BCUT2D eigenvalue weighted by atomic mass is 10.2. The summed E-state index contributed by atoms with van der Waals surface area (Å²) >= 11 is 0. The first-order valence-corrected chi connectivity index (χ1v) is 9.36. The number of hydrogen-bond donors (Lipinski definition) is 1. The van der Waals surface area contributed by atoms with Crippen molar-refractivity contribution in [2.75, 3.05) is 18.1 Å². The maximum atomic E-state index is 5.80. The number of benzene rings is 1. The van der Waals surface area contributed by atoms with Crippen LogP contribution in [0.25, 0.3) is 0 Å². The van der Waals surface area contributed by atoms with Crippen molar-refractivity contribution in [3.63, 3.8) is 0 Å². The molecule has 1 aliphatic heterocycles. The normalized spacial score (nSPS) is 20.1. The first-order valence-electron chi connectivity index (χ1n) is 7.65. The average molecular weight is 292 g/mol. The van der Waals surface area contributed by atoms with E-state index in [4.69, 9.17) is 4.74 Å². The van der Waals surface area contributed by atoms with Crippen LogP contribution in [0.15, 0.2) is 35.3 Å². The van der Waals surface area contributed by atoms with E-state index in [2.05, 4.69) is 42.7 Å². The number of ether oxygens (including phenoxy) is 1. The highest BCUT2D eigenvalue weighted by atomic mass is 32.2. The van der Waals surface area contributed by atoms with Crippen molar-refractivity contribution in [1.82, 2.24) is 0 Å². The molecule has 0 spiro atoms. The van der Waals surface area contributed by atoms with Crippen LogP contribution in [0.1, 0.15) is 38.2 Å². The molecular weight excluding hydrogens is 266 g/mol. The molecule has 1 atom stereocenters. The van der Waals surface area contributed by atoms with Gasteiger partial charge >= 0.3 is 0 Å². The molecule has 0 bridgehead atoms. The molecular formula is C17H26NOS. The smallest absolute Gasteiger partial charge is 0.0816 e. The predicted octanol–water partition coefficient (Wildman–Crippen LogP) is 4.36. The molecule has 20 heavy (non-hydrogen) atoms. The van der Waals surface area contributed by atoms with Gasteiger partial charge in [0, 0.05) is 16.5 Å². The Labute approximate surface area is 126 Å². The second-order valence-electron chi connectivity index (χ2n) is 5.17. The highest BCUT2D eigenvalue weighted by Gasteiger charge is 2.16. The molecule has 0 amide bonds. The Balaban J connectivity index is 1.62.